The van der Waals surface area contributed by atoms with E-state index in [0.29, 0.717) is 12.6 Å². The van der Waals surface area contributed by atoms with Crippen LogP contribution in [0.4, 0.5) is 0 Å². The quantitative estimate of drug-likeness (QED) is 0.825. The number of hydrogen-bond acceptors (Lipinski definition) is 3. The molecule has 84 valence electrons. The standard InChI is InChI=1S/C12H19NOS/c1-9-3-2-4-11(9)13-7-12(14)10-5-6-15-8-10/h5-6,8-9,11-14H,2-4,7H2,1H3. The van der Waals surface area contributed by atoms with Gasteiger partial charge in [-0.05, 0) is 41.1 Å². The van der Waals surface area contributed by atoms with Gasteiger partial charge in [0, 0.05) is 12.6 Å². The molecular weight excluding hydrogens is 206 g/mol. The summed E-state index contributed by atoms with van der Waals surface area (Å²) in [5.74, 6) is 0.764. The molecule has 1 fully saturated rings. The van der Waals surface area contributed by atoms with Crippen molar-refractivity contribution in [2.24, 2.45) is 5.92 Å². The number of hydrogen-bond donors (Lipinski definition) is 2. The molecule has 3 heteroatoms. The molecule has 0 amide bonds. The topological polar surface area (TPSA) is 32.3 Å². The molecule has 0 bridgehead atoms. The molecular formula is C12H19NOS. The average molecular weight is 225 g/mol. The number of aliphatic hydroxyl groups excluding tert-OH is 1. The van der Waals surface area contributed by atoms with Gasteiger partial charge in [-0.2, -0.15) is 11.3 Å². The minimum atomic E-state index is -0.343. The van der Waals surface area contributed by atoms with Crippen LogP contribution >= 0.6 is 11.3 Å². The fourth-order valence-corrected chi connectivity index (χ4v) is 3.00. The van der Waals surface area contributed by atoms with Crippen LogP contribution in [0.1, 0.15) is 37.9 Å². The smallest absolute Gasteiger partial charge is 0.0922 e. The summed E-state index contributed by atoms with van der Waals surface area (Å²) < 4.78 is 0. The summed E-state index contributed by atoms with van der Waals surface area (Å²) >= 11 is 1.64. The van der Waals surface area contributed by atoms with Crippen LogP contribution in [-0.4, -0.2) is 17.7 Å². The highest BCUT2D eigenvalue weighted by Gasteiger charge is 2.23. The number of nitrogens with one attached hydrogen (secondary N) is 1. The van der Waals surface area contributed by atoms with Crippen LogP contribution in [0.15, 0.2) is 16.8 Å². The van der Waals surface area contributed by atoms with Gasteiger partial charge in [-0.3, -0.25) is 0 Å². The summed E-state index contributed by atoms with van der Waals surface area (Å²) in [6.45, 7) is 2.98. The first-order valence-corrected chi connectivity index (χ1v) is 6.65. The summed E-state index contributed by atoms with van der Waals surface area (Å²) in [6.07, 6.45) is 3.57. The zero-order valence-corrected chi connectivity index (χ0v) is 9.96. The van der Waals surface area contributed by atoms with E-state index in [0.717, 1.165) is 11.5 Å². The van der Waals surface area contributed by atoms with E-state index in [1.54, 1.807) is 11.3 Å². The fraction of sp³-hybridized carbons (Fsp3) is 0.667. The molecule has 1 saturated carbocycles. The van der Waals surface area contributed by atoms with E-state index < -0.39 is 0 Å². The lowest BCUT2D eigenvalue weighted by molar-refractivity contribution is 0.167. The maximum Gasteiger partial charge on any atom is 0.0922 e. The van der Waals surface area contributed by atoms with Gasteiger partial charge >= 0.3 is 0 Å². The Hall–Kier alpha value is -0.380. The first kappa shape index (κ1) is 11.1. The largest absolute Gasteiger partial charge is 0.387 e. The van der Waals surface area contributed by atoms with E-state index >= 15 is 0 Å². The van der Waals surface area contributed by atoms with Gasteiger partial charge in [-0.15, -0.1) is 0 Å². The summed E-state index contributed by atoms with van der Waals surface area (Å²) in [5.41, 5.74) is 1.04. The SMILES string of the molecule is CC1CCCC1NCC(O)c1ccsc1. The highest BCUT2D eigenvalue weighted by Crippen LogP contribution is 2.25. The molecule has 3 unspecified atom stereocenters. The van der Waals surface area contributed by atoms with Gasteiger partial charge in [0.2, 0.25) is 0 Å². The van der Waals surface area contributed by atoms with Crippen molar-refractivity contribution in [3.05, 3.63) is 22.4 Å². The Morgan fingerprint density at radius 1 is 1.60 bits per heavy atom. The molecule has 0 spiro atoms. The molecule has 1 aliphatic rings. The highest BCUT2D eigenvalue weighted by molar-refractivity contribution is 7.07. The Balaban J connectivity index is 1.78. The molecule has 0 radical (unpaired) electrons. The zero-order chi connectivity index (χ0) is 10.7. The van der Waals surface area contributed by atoms with Gasteiger partial charge in [0.25, 0.3) is 0 Å². The van der Waals surface area contributed by atoms with Crippen LogP contribution in [0, 0.1) is 5.92 Å². The Morgan fingerprint density at radius 3 is 3.07 bits per heavy atom. The van der Waals surface area contributed by atoms with E-state index in [1.165, 1.54) is 19.3 Å². The van der Waals surface area contributed by atoms with Crippen molar-refractivity contribution in [2.75, 3.05) is 6.54 Å². The third kappa shape index (κ3) is 2.80. The van der Waals surface area contributed by atoms with E-state index in [1.807, 2.05) is 16.8 Å². The van der Waals surface area contributed by atoms with Crippen LogP contribution in [0.3, 0.4) is 0 Å². The lowest BCUT2D eigenvalue weighted by atomic mass is 10.1. The molecule has 1 aromatic rings. The Morgan fingerprint density at radius 2 is 2.47 bits per heavy atom. The molecule has 2 rings (SSSR count). The lowest BCUT2D eigenvalue weighted by Crippen LogP contribution is -2.34. The summed E-state index contributed by atoms with van der Waals surface area (Å²) in [5, 5.41) is 17.4. The average Bonchev–Trinajstić information content (AvgIpc) is 2.85. The third-order valence-electron chi connectivity index (χ3n) is 3.36. The minimum Gasteiger partial charge on any atom is -0.387 e. The molecule has 2 nitrogen and oxygen atoms in total. The minimum absolute atomic E-state index is 0.343. The number of aliphatic hydroxyl groups is 1. The maximum absolute atomic E-state index is 9.90. The van der Waals surface area contributed by atoms with Crippen molar-refractivity contribution < 1.29 is 5.11 Å². The second-order valence-electron chi connectivity index (χ2n) is 4.50. The van der Waals surface area contributed by atoms with Crippen LogP contribution in [0.5, 0.6) is 0 Å². The Bertz CT molecular complexity index is 286. The normalized spacial score (nSPS) is 28.1. The molecule has 1 aliphatic carbocycles. The Labute approximate surface area is 95.3 Å². The predicted molar refractivity (Wildman–Crippen MR) is 64.1 cm³/mol. The maximum atomic E-state index is 9.90. The van der Waals surface area contributed by atoms with Crippen molar-refractivity contribution in [2.45, 2.75) is 38.3 Å². The summed E-state index contributed by atoms with van der Waals surface area (Å²) in [4.78, 5) is 0. The molecule has 0 saturated heterocycles. The van der Waals surface area contributed by atoms with Gasteiger partial charge < -0.3 is 10.4 Å². The molecule has 1 heterocycles. The van der Waals surface area contributed by atoms with Gasteiger partial charge in [-0.25, -0.2) is 0 Å². The van der Waals surface area contributed by atoms with Gasteiger partial charge in [0.05, 0.1) is 6.10 Å². The van der Waals surface area contributed by atoms with Crippen molar-refractivity contribution >= 4 is 11.3 Å². The molecule has 1 aromatic heterocycles. The molecule has 2 N–H and O–H groups in total. The summed E-state index contributed by atoms with van der Waals surface area (Å²) in [7, 11) is 0. The van der Waals surface area contributed by atoms with Gasteiger partial charge in [-0.1, -0.05) is 13.3 Å². The predicted octanol–water partition coefficient (Wildman–Crippen LogP) is 2.56. The van der Waals surface area contributed by atoms with Crippen molar-refractivity contribution in [3.63, 3.8) is 0 Å². The van der Waals surface area contributed by atoms with E-state index in [9.17, 15) is 5.11 Å². The first-order valence-electron chi connectivity index (χ1n) is 5.71. The van der Waals surface area contributed by atoms with Crippen molar-refractivity contribution in [3.8, 4) is 0 Å². The molecule has 3 atom stereocenters. The second kappa shape index (κ2) is 5.10. The van der Waals surface area contributed by atoms with Crippen LogP contribution < -0.4 is 5.32 Å². The third-order valence-corrected chi connectivity index (χ3v) is 4.06. The van der Waals surface area contributed by atoms with Gasteiger partial charge in [0.15, 0.2) is 0 Å². The van der Waals surface area contributed by atoms with Crippen LogP contribution in [0.25, 0.3) is 0 Å². The molecule has 0 aliphatic heterocycles. The fourth-order valence-electron chi connectivity index (χ4n) is 2.29. The van der Waals surface area contributed by atoms with Crippen LogP contribution in [-0.2, 0) is 0 Å². The van der Waals surface area contributed by atoms with E-state index in [2.05, 4.69) is 12.2 Å². The van der Waals surface area contributed by atoms with Gasteiger partial charge in [0.1, 0.15) is 0 Å². The van der Waals surface area contributed by atoms with Crippen LogP contribution in [0.2, 0.25) is 0 Å². The van der Waals surface area contributed by atoms with Crippen molar-refractivity contribution in [1.29, 1.82) is 0 Å². The van der Waals surface area contributed by atoms with E-state index in [4.69, 9.17) is 0 Å². The zero-order valence-electron chi connectivity index (χ0n) is 9.15. The molecule has 15 heavy (non-hydrogen) atoms. The highest BCUT2D eigenvalue weighted by atomic mass is 32.1. The Kier molecular flexibility index (Phi) is 3.78. The first-order chi connectivity index (χ1) is 7.27. The number of thiophene rings is 1. The number of rotatable bonds is 4. The lowest BCUT2D eigenvalue weighted by Gasteiger charge is -2.19. The summed E-state index contributed by atoms with van der Waals surface area (Å²) in [6, 6.07) is 2.60. The molecule has 0 aromatic carbocycles. The second-order valence-corrected chi connectivity index (χ2v) is 5.28. The monoisotopic (exact) mass is 225 g/mol. The van der Waals surface area contributed by atoms with Crippen molar-refractivity contribution in [1.82, 2.24) is 5.32 Å². The van der Waals surface area contributed by atoms with E-state index in [-0.39, 0.29) is 6.10 Å².